The lowest BCUT2D eigenvalue weighted by Gasteiger charge is -2.32. The van der Waals surface area contributed by atoms with E-state index < -0.39 is 18.8 Å². The molecule has 1 unspecified atom stereocenters. The average Bonchev–Trinajstić information content (AvgIpc) is 2.83. The fourth-order valence-corrected chi connectivity index (χ4v) is 5.16. The summed E-state index contributed by atoms with van der Waals surface area (Å²) >= 11 is 0. The molecular weight excluding hydrogens is 455 g/mol. The van der Waals surface area contributed by atoms with Gasteiger partial charge in [0.2, 0.25) is 0 Å². The normalized spacial score (nSPS) is 18.7. The van der Waals surface area contributed by atoms with Crippen molar-refractivity contribution in [1.29, 1.82) is 0 Å². The Bertz CT molecular complexity index is 990. The number of amides is 1. The van der Waals surface area contributed by atoms with Crippen molar-refractivity contribution < 1.29 is 23.1 Å². The van der Waals surface area contributed by atoms with Gasteiger partial charge in [0.1, 0.15) is 0 Å². The third kappa shape index (κ3) is 7.78. The Morgan fingerprint density at radius 3 is 2.51 bits per heavy atom. The zero-order chi connectivity index (χ0) is 24.8. The third-order valence-corrected chi connectivity index (χ3v) is 7.00. The summed E-state index contributed by atoms with van der Waals surface area (Å²) in [7, 11) is 0. The van der Waals surface area contributed by atoms with E-state index in [4.69, 9.17) is 0 Å². The van der Waals surface area contributed by atoms with Crippen LogP contribution in [0.5, 0.6) is 0 Å². The predicted octanol–water partition coefficient (Wildman–Crippen LogP) is 3.65. The first-order valence-corrected chi connectivity index (χ1v) is 12.4. The molecular formula is C27H34F3N3O2. The SMILES string of the molecule is O=C(NCC(O)CN1CCc2ccccc2C1)c1cccc(CC2CCN(CC(F)(F)F)CC2)c1. The van der Waals surface area contributed by atoms with E-state index in [1.54, 1.807) is 6.07 Å². The van der Waals surface area contributed by atoms with Crippen LogP contribution in [0.25, 0.3) is 0 Å². The smallest absolute Gasteiger partial charge is 0.390 e. The maximum absolute atomic E-state index is 12.7. The van der Waals surface area contributed by atoms with E-state index in [1.165, 1.54) is 16.0 Å². The maximum atomic E-state index is 12.7. The Kier molecular flexibility index (Phi) is 8.46. The van der Waals surface area contributed by atoms with Crippen LogP contribution >= 0.6 is 0 Å². The highest BCUT2D eigenvalue weighted by Crippen LogP contribution is 2.25. The molecule has 0 aliphatic carbocycles. The summed E-state index contributed by atoms with van der Waals surface area (Å²) in [5.41, 5.74) is 4.20. The molecule has 1 fully saturated rings. The number of halogens is 3. The van der Waals surface area contributed by atoms with E-state index >= 15 is 0 Å². The van der Waals surface area contributed by atoms with Crippen molar-refractivity contribution in [2.75, 3.05) is 39.3 Å². The van der Waals surface area contributed by atoms with Crippen molar-refractivity contribution in [2.45, 2.75) is 44.5 Å². The predicted molar refractivity (Wildman–Crippen MR) is 129 cm³/mol. The van der Waals surface area contributed by atoms with Gasteiger partial charge in [0.05, 0.1) is 12.6 Å². The number of β-amino-alcohol motifs (C(OH)–C–C–N with tert-alkyl or cyclic N) is 1. The number of hydrogen-bond donors (Lipinski definition) is 2. The molecule has 0 radical (unpaired) electrons. The molecule has 190 valence electrons. The van der Waals surface area contributed by atoms with E-state index in [0.29, 0.717) is 31.1 Å². The van der Waals surface area contributed by atoms with Crippen LogP contribution in [0.4, 0.5) is 13.2 Å². The number of carbonyl (C=O) groups is 1. The Hall–Kier alpha value is -2.42. The topological polar surface area (TPSA) is 55.8 Å². The second-order valence-electron chi connectivity index (χ2n) is 9.86. The molecule has 2 aromatic carbocycles. The minimum absolute atomic E-state index is 0.179. The maximum Gasteiger partial charge on any atom is 0.401 e. The lowest BCUT2D eigenvalue weighted by Crippen LogP contribution is -2.42. The van der Waals surface area contributed by atoms with Crippen LogP contribution < -0.4 is 5.32 Å². The van der Waals surface area contributed by atoms with Crippen molar-refractivity contribution >= 4 is 5.91 Å². The lowest BCUT2D eigenvalue weighted by atomic mass is 9.89. The first-order chi connectivity index (χ1) is 16.7. The molecule has 0 aromatic heterocycles. The number of carbonyl (C=O) groups excluding carboxylic acids is 1. The molecule has 0 spiro atoms. The molecule has 1 saturated heterocycles. The van der Waals surface area contributed by atoms with Gasteiger partial charge in [-0.1, -0.05) is 36.4 Å². The van der Waals surface area contributed by atoms with Gasteiger partial charge in [-0.15, -0.1) is 0 Å². The van der Waals surface area contributed by atoms with Gasteiger partial charge in [0, 0.05) is 31.7 Å². The van der Waals surface area contributed by atoms with Gasteiger partial charge >= 0.3 is 6.18 Å². The summed E-state index contributed by atoms with van der Waals surface area (Å²) < 4.78 is 37.8. The molecule has 35 heavy (non-hydrogen) atoms. The Morgan fingerprint density at radius 2 is 1.77 bits per heavy atom. The van der Waals surface area contributed by atoms with E-state index in [0.717, 1.165) is 44.3 Å². The second-order valence-corrected chi connectivity index (χ2v) is 9.86. The molecule has 0 bridgehead atoms. The van der Waals surface area contributed by atoms with E-state index in [9.17, 15) is 23.1 Å². The number of rotatable bonds is 8. The number of aliphatic hydroxyl groups is 1. The summed E-state index contributed by atoms with van der Waals surface area (Å²) in [4.78, 5) is 16.4. The largest absolute Gasteiger partial charge is 0.401 e. The van der Waals surface area contributed by atoms with Gasteiger partial charge in [-0.25, -0.2) is 0 Å². The van der Waals surface area contributed by atoms with Gasteiger partial charge in [0.25, 0.3) is 5.91 Å². The Balaban J connectivity index is 1.21. The summed E-state index contributed by atoms with van der Waals surface area (Å²) in [5, 5.41) is 13.3. The number of likely N-dealkylation sites (tertiary alicyclic amines) is 1. The van der Waals surface area contributed by atoms with Gasteiger partial charge in [-0.05, 0) is 73.5 Å². The van der Waals surface area contributed by atoms with E-state index in [-0.39, 0.29) is 12.5 Å². The zero-order valence-electron chi connectivity index (χ0n) is 19.9. The van der Waals surface area contributed by atoms with Crippen molar-refractivity contribution in [1.82, 2.24) is 15.1 Å². The van der Waals surface area contributed by atoms with Gasteiger partial charge < -0.3 is 10.4 Å². The van der Waals surface area contributed by atoms with Crippen LogP contribution in [-0.2, 0) is 19.4 Å². The second kappa shape index (κ2) is 11.5. The van der Waals surface area contributed by atoms with Crippen LogP contribution in [0.15, 0.2) is 48.5 Å². The number of hydrogen-bond acceptors (Lipinski definition) is 4. The Labute approximate surface area is 204 Å². The number of alkyl halides is 3. The number of piperidine rings is 1. The number of fused-ring (bicyclic) bond motifs is 1. The van der Waals surface area contributed by atoms with Crippen molar-refractivity contribution in [3.63, 3.8) is 0 Å². The van der Waals surface area contributed by atoms with E-state index in [2.05, 4.69) is 28.4 Å². The first kappa shape index (κ1) is 25.7. The molecule has 2 aliphatic rings. The monoisotopic (exact) mass is 489 g/mol. The highest BCUT2D eigenvalue weighted by atomic mass is 19.4. The fraction of sp³-hybridized carbons (Fsp3) is 0.519. The van der Waals surface area contributed by atoms with Crippen molar-refractivity contribution in [3.05, 3.63) is 70.8 Å². The summed E-state index contributed by atoms with van der Waals surface area (Å²) in [5.74, 6) is 0.0872. The quantitative estimate of drug-likeness (QED) is 0.595. The highest BCUT2D eigenvalue weighted by molar-refractivity contribution is 5.94. The summed E-state index contributed by atoms with van der Waals surface area (Å²) in [6, 6.07) is 15.7. The van der Waals surface area contributed by atoms with Crippen molar-refractivity contribution in [2.24, 2.45) is 5.92 Å². The number of nitrogens with zero attached hydrogens (tertiary/aromatic N) is 2. The van der Waals surface area contributed by atoms with Gasteiger partial charge in [-0.2, -0.15) is 13.2 Å². The summed E-state index contributed by atoms with van der Waals surface area (Å²) in [6.45, 7) is 2.43. The summed E-state index contributed by atoms with van der Waals surface area (Å²) in [6.07, 6.45) is -1.65. The molecule has 1 amide bonds. The zero-order valence-corrected chi connectivity index (χ0v) is 19.9. The van der Waals surface area contributed by atoms with Crippen LogP contribution in [0, 0.1) is 5.92 Å². The van der Waals surface area contributed by atoms with E-state index in [1.807, 2.05) is 24.3 Å². The minimum Gasteiger partial charge on any atom is -0.390 e. The van der Waals surface area contributed by atoms with Crippen molar-refractivity contribution in [3.8, 4) is 0 Å². The molecule has 8 heteroatoms. The third-order valence-electron chi connectivity index (χ3n) is 7.00. The van der Waals surface area contributed by atoms with Crippen LogP contribution in [0.3, 0.4) is 0 Å². The molecule has 2 aromatic rings. The molecule has 2 N–H and O–H groups in total. The number of benzene rings is 2. The standard InChI is InChI=1S/C27H34F3N3O2/c28-27(29,30)19-32-11-8-20(9-12-32)14-21-4-3-7-23(15-21)26(35)31-16-25(34)18-33-13-10-22-5-1-2-6-24(22)17-33/h1-7,15,20,25,34H,8-14,16-19H2,(H,31,35). The molecule has 4 rings (SSSR count). The molecule has 2 heterocycles. The lowest BCUT2D eigenvalue weighted by molar-refractivity contribution is -0.148. The van der Waals surface area contributed by atoms with Gasteiger partial charge in [0.15, 0.2) is 0 Å². The first-order valence-electron chi connectivity index (χ1n) is 12.4. The van der Waals surface area contributed by atoms with Crippen LogP contribution in [-0.4, -0.2) is 72.4 Å². The number of aliphatic hydroxyl groups excluding tert-OH is 1. The molecule has 2 aliphatic heterocycles. The highest BCUT2D eigenvalue weighted by Gasteiger charge is 2.32. The fourth-order valence-electron chi connectivity index (χ4n) is 5.16. The molecule has 0 saturated carbocycles. The number of nitrogens with one attached hydrogen (secondary N) is 1. The molecule has 5 nitrogen and oxygen atoms in total. The minimum atomic E-state index is -4.15. The molecule has 1 atom stereocenters. The van der Waals surface area contributed by atoms with Crippen LogP contribution in [0.2, 0.25) is 0 Å². The Morgan fingerprint density at radius 1 is 1.03 bits per heavy atom. The average molecular weight is 490 g/mol. The van der Waals surface area contributed by atoms with Crippen LogP contribution in [0.1, 0.15) is 39.9 Å². The van der Waals surface area contributed by atoms with Gasteiger partial charge in [-0.3, -0.25) is 14.6 Å².